The minimum absolute atomic E-state index is 0.00156. The van der Waals surface area contributed by atoms with Gasteiger partial charge >= 0.3 is 24.1 Å². The summed E-state index contributed by atoms with van der Waals surface area (Å²) in [5.74, 6) is 2.70. The van der Waals surface area contributed by atoms with Crippen molar-refractivity contribution in [1.82, 2.24) is 78.5 Å². The number of carbonyl (C=O) groups excluding carboxylic acids is 7. The zero-order valence-corrected chi connectivity index (χ0v) is 87.9. The number of hydrogen-bond donors (Lipinski definition) is 1. The highest BCUT2D eigenvalue weighted by atomic mass is 32.2. The van der Waals surface area contributed by atoms with Crippen molar-refractivity contribution < 1.29 is 47.1 Å². The highest BCUT2D eigenvalue weighted by molar-refractivity contribution is 7.91. The molecule has 16 fully saturated rings. The molecule has 0 bridgehead atoms. The molecule has 1 N–H and O–H groups in total. The van der Waals surface area contributed by atoms with E-state index in [1.165, 1.54) is 60.8 Å². The van der Waals surface area contributed by atoms with Gasteiger partial charge < -0.3 is 59.0 Å². The highest BCUT2D eigenvalue weighted by Crippen LogP contribution is 2.57. The molecule has 8 aliphatic heterocycles. The van der Waals surface area contributed by atoms with Gasteiger partial charge in [-0.3, -0.25) is 39.0 Å². The number of likely N-dealkylation sites (tertiary alicyclic amines) is 3. The normalized spacial score (nSPS) is 26.9. The van der Waals surface area contributed by atoms with Gasteiger partial charge in [-0.15, -0.1) is 0 Å². The second kappa shape index (κ2) is 41.7. The van der Waals surface area contributed by atoms with Gasteiger partial charge in [-0.25, -0.2) is 27.6 Å². The lowest BCUT2D eigenvalue weighted by Crippen LogP contribution is -2.59. The van der Waals surface area contributed by atoms with Crippen molar-refractivity contribution in [2.75, 3.05) is 160 Å². The monoisotopic (exact) mass is 1970 g/mol. The summed E-state index contributed by atoms with van der Waals surface area (Å²) in [6.07, 6.45) is 36.0. The quantitative estimate of drug-likeness (QED) is 0.0665. The smallest absolute Gasteiger partial charge is 0.320 e. The first kappa shape index (κ1) is 102. The lowest BCUT2D eigenvalue weighted by Gasteiger charge is -2.52. The number of pyridine rings is 1. The molecule has 772 valence electrons. The Morgan fingerprint density at radius 2 is 0.580 bits per heavy atom. The fraction of sp³-hybridized carbons (Fsp3) is 0.638. The summed E-state index contributed by atoms with van der Waals surface area (Å²) in [7, 11) is 14.6. The van der Waals surface area contributed by atoms with Crippen LogP contribution < -0.4 is 0 Å². The molecule has 143 heavy (non-hydrogen) atoms. The highest BCUT2D eigenvalue weighted by Gasteiger charge is 2.63. The fourth-order valence-corrected chi connectivity index (χ4v) is 29.8. The van der Waals surface area contributed by atoms with E-state index in [1.807, 2.05) is 54.8 Å². The number of urea groups is 4. The Kier molecular flexibility index (Phi) is 29.7. The van der Waals surface area contributed by atoms with Crippen molar-refractivity contribution in [1.29, 1.82) is 0 Å². The molecule has 27 heteroatoms. The lowest BCUT2D eigenvalue weighted by atomic mass is 9.67. The molecule has 16 aliphatic rings. The molecule has 0 unspecified atom stereocenters. The van der Waals surface area contributed by atoms with E-state index in [-0.39, 0.29) is 122 Å². The Morgan fingerprint density at radius 1 is 0.329 bits per heavy atom. The molecule has 4 spiro atoms. The molecule has 8 saturated heterocycles. The zero-order valence-electron chi connectivity index (χ0n) is 87.1. The molecule has 11 amide bonds. The van der Waals surface area contributed by atoms with E-state index in [4.69, 9.17) is 0 Å². The van der Waals surface area contributed by atoms with Crippen molar-refractivity contribution in [3.8, 4) is 0 Å². The third-order valence-electron chi connectivity index (χ3n) is 38.6. The first-order chi connectivity index (χ1) is 68.8. The lowest BCUT2D eigenvalue weighted by molar-refractivity contribution is -0.130. The van der Waals surface area contributed by atoms with Crippen LogP contribution in [-0.4, -0.2) is 345 Å². The van der Waals surface area contributed by atoms with Crippen LogP contribution in [0.5, 0.6) is 0 Å². The Bertz CT molecular complexity index is 5300. The van der Waals surface area contributed by atoms with E-state index in [1.54, 1.807) is 31.5 Å². The number of benzene rings is 5. The molecule has 8 aliphatic carbocycles. The number of carbonyl (C=O) groups is 7. The molecular formula is C116H162N16O10S. The summed E-state index contributed by atoms with van der Waals surface area (Å²) in [6.45, 7) is 12.4. The standard InChI is InChI=1S/C32H42N4O2.C31H41N5O2.C27H40N4O2.C26H39N3O4S/c1-33(2)32(27-11-7-4-8-12-27)19-17-31(18-20-32)24-35(30(38)36(31)23-25-13-14-25)28-15-21-34(22-16-28)29(37)26-9-5-3-6-10-26;1-33(2)31(26-6-4-3-5-7-26)16-14-30(15-17-31)23-35(29(38)36(30)22-24-8-9-24)27-12-20-34(21-13-27)28(37)25-10-18-32-19-11-25;1-21(32)29-17-11-24(12-18-29)30-20-26(31(25(30)33)19-22-9-10-22)13-15-27(16-14-26,28(2)3)23-7-5-4-6-8-23;1-27(2)26(21-7-4-3-5-8-21)15-13-24(14-16-26)19-28(22-9-17-34(32,33)18-10-22)23(30)29(24)20-25(31)11-6-12-25/h3-12,25,28H,13-24H2,1-2H3;3-7,10-11,18-19,24,27H,8-9,12-17,20-23H2,1-2H3;4-8,22,24H,9-20H2,1-3H3;3-5,7-8,22,31H,6,9-20H2,1-2H3. The molecule has 26 nitrogen and oxygen atoms in total. The first-order valence-electron chi connectivity index (χ1n) is 54.7. The summed E-state index contributed by atoms with van der Waals surface area (Å²) >= 11 is 0. The summed E-state index contributed by atoms with van der Waals surface area (Å²) in [5, 5.41) is 11.0. The number of β-amino-alcohol motifs (C(OH)–C–C–N with tert-alkyl or cyclic N) is 1. The number of hydrogen-bond acceptors (Lipinski definition) is 15. The van der Waals surface area contributed by atoms with Crippen LogP contribution in [0.3, 0.4) is 0 Å². The number of aliphatic hydroxyl groups is 1. The van der Waals surface area contributed by atoms with Crippen LogP contribution in [0.4, 0.5) is 19.2 Å². The predicted molar refractivity (Wildman–Crippen MR) is 560 cm³/mol. The minimum atomic E-state index is -2.99. The maximum absolute atomic E-state index is 14.0. The van der Waals surface area contributed by atoms with Crippen LogP contribution in [0, 0.1) is 17.8 Å². The van der Waals surface area contributed by atoms with Gasteiger partial charge in [-0.05, 0) is 333 Å². The Balaban J connectivity index is 0.000000121. The van der Waals surface area contributed by atoms with E-state index in [0.717, 1.165) is 232 Å². The van der Waals surface area contributed by atoms with E-state index in [2.05, 4.69) is 232 Å². The third-order valence-corrected chi connectivity index (χ3v) is 40.3. The Labute approximate surface area is 851 Å². The Morgan fingerprint density at radius 3 is 0.839 bits per heavy atom. The SMILES string of the molecule is CC(=O)N1CCC(N2CC3(CCC(c4ccccc4)(N(C)C)CC3)N(CC3CC3)C2=O)CC1.CN(C)C1(c2ccccc2)CCC2(CC1)CN(C1CCN(C(=O)c3ccccc3)CC1)C(=O)N2CC1CC1.CN(C)C1(c2ccccc2)CCC2(CC1)CN(C1CCN(C(=O)c3ccncc3)CC1)C(=O)N2CC1CC1.CN(C)C1(c2ccccc2)CCC2(CC1)CN(C1CCS(=O)(=O)CC1)C(=O)N2CC1(O)CCC1. The van der Waals surface area contributed by atoms with Crippen molar-refractivity contribution in [3.05, 3.63) is 210 Å². The molecule has 5 aromatic carbocycles. The van der Waals surface area contributed by atoms with Crippen LogP contribution in [0.2, 0.25) is 0 Å². The zero-order chi connectivity index (χ0) is 100. The van der Waals surface area contributed by atoms with Gasteiger partial charge in [0.05, 0.1) is 45.8 Å². The summed E-state index contributed by atoms with van der Waals surface area (Å²) in [6, 6.07) is 58.1. The molecule has 0 atom stereocenters. The van der Waals surface area contributed by atoms with E-state index in [9.17, 15) is 47.1 Å². The number of nitrogens with zero attached hydrogens (tertiary/aromatic N) is 16. The largest absolute Gasteiger partial charge is 0.388 e. The summed E-state index contributed by atoms with van der Waals surface area (Å²) < 4.78 is 24.0. The molecular weight excluding hydrogens is 1810 g/mol. The van der Waals surface area contributed by atoms with Gasteiger partial charge in [0.15, 0.2) is 0 Å². The van der Waals surface area contributed by atoms with E-state index in [0.29, 0.717) is 62.3 Å². The van der Waals surface area contributed by atoms with Crippen molar-refractivity contribution in [3.63, 3.8) is 0 Å². The van der Waals surface area contributed by atoms with Crippen molar-refractivity contribution >= 4 is 51.7 Å². The number of piperidine rings is 3. The number of aromatic nitrogens is 1. The maximum atomic E-state index is 14.0. The van der Waals surface area contributed by atoms with Gasteiger partial charge in [-0.1, -0.05) is 140 Å². The van der Waals surface area contributed by atoms with Crippen LogP contribution in [0.25, 0.3) is 0 Å². The topological polar surface area (TPSA) is 235 Å². The van der Waals surface area contributed by atoms with Crippen molar-refractivity contribution in [2.24, 2.45) is 17.8 Å². The molecule has 1 aromatic heterocycles. The predicted octanol–water partition coefficient (Wildman–Crippen LogP) is 16.7. The van der Waals surface area contributed by atoms with Crippen LogP contribution in [0.15, 0.2) is 176 Å². The number of sulfone groups is 1. The average molecular weight is 1970 g/mol. The second-order valence-electron chi connectivity index (χ2n) is 47.3. The molecule has 0 radical (unpaired) electrons. The van der Waals surface area contributed by atoms with Gasteiger partial charge in [0, 0.05) is 162 Å². The van der Waals surface area contributed by atoms with Crippen LogP contribution >= 0.6 is 0 Å². The molecule has 8 saturated carbocycles. The van der Waals surface area contributed by atoms with Gasteiger partial charge in [-0.2, -0.15) is 0 Å². The third kappa shape index (κ3) is 20.7. The molecule has 22 rings (SSSR count). The second-order valence-corrected chi connectivity index (χ2v) is 49.6. The maximum Gasteiger partial charge on any atom is 0.320 e. The van der Waals surface area contributed by atoms with E-state index >= 15 is 0 Å². The summed E-state index contributed by atoms with van der Waals surface area (Å²) in [5.41, 5.74) is 5.72. The minimum Gasteiger partial charge on any atom is -0.388 e. The average Bonchev–Trinajstić information content (AvgIpc) is 1.61. The van der Waals surface area contributed by atoms with E-state index < -0.39 is 15.4 Å². The number of amides is 11. The molecule has 9 heterocycles. The first-order valence-corrected chi connectivity index (χ1v) is 56.6. The van der Waals surface area contributed by atoms with Gasteiger partial charge in [0.1, 0.15) is 9.84 Å². The van der Waals surface area contributed by atoms with Crippen LogP contribution in [-0.2, 0) is 36.8 Å². The van der Waals surface area contributed by atoms with Crippen molar-refractivity contribution in [2.45, 2.75) is 293 Å². The summed E-state index contributed by atoms with van der Waals surface area (Å²) in [4.78, 5) is 130. The fourth-order valence-electron chi connectivity index (χ4n) is 28.3. The Hall–Kier alpha value is -9.51. The van der Waals surface area contributed by atoms with Gasteiger partial charge in [0.2, 0.25) is 5.91 Å². The number of rotatable bonds is 22. The van der Waals surface area contributed by atoms with Crippen LogP contribution in [0.1, 0.15) is 262 Å². The van der Waals surface area contributed by atoms with Gasteiger partial charge in [0.25, 0.3) is 11.8 Å². The molecule has 6 aromatic rings.